The topological polar surface area (TPSA) is 72.3 Å². The Morgan fingerprint density at radius 1 is 1.24 bits per heavy atom. The number of nitrogens with zero attached hydrogens (tertiary/aromatic N) is 2. The number of aromatic nitrogens is 2. The summed E-state index contributed by atoms with van der Waals surface area (Å²) in [4.78, 5) is 18.7. The largest absolute Gasteiger partial charge is 0.504 e. The summed E-state index contributed by atoms with van der Waals surface area (Å²) in [7, 11) is 1.39. The van der Waals surface area contributed by atoms with Gasteiger partial charge in [0.25, 0.3) is 0 Å². The fraction of sp³-hybridized carbons (Fsp3) is 0.190. The lowest BCUT2D eigenvalue weighted by Crippen LogP contribution is -1.91. The van der Waals surface area contributed by atoms with Crippen LogP contribution in [0, 0.1) is 6.92 Å². The number of halogens is 1. The highest BCUT2D eigenvalue weighted by molar-refractivity contribution is 7.14. The quantitative estimate of drug-likeness (QED) is 0.398. The van der Waals surface area contributed by atoms with Crippen molar-refractivity contribution in [3.05, 3.63) is 75.5 Å². The molecule has 0 aliphatic carbocycles. The van der Waals surface area contributed by atoms with Gasteiger partial charge in [0.2, 0.25) is 0 Å². The zero-order valence-electron chi connectivity index (χ0n) is 16.3. The number of rotatable bonds is 6. The Hall–Kier alpha value is -2.84. The molecule has 0 saturated carbocycles. The molecule has 3 aromatic rings. The number of carboxylic acids is 1. The molecule has 3 rings (SSSR count). The maximum absolute atomic E-state index is 13.5. The molecule has 1 N–H and O–H groups in total. The first kappa shape index (κ1) is 22.4. The SMILES string of the molecule is CCc1nc(-c2nc(C(=CF)c3ccccc3C)cs2)cs1.COC=CC(=O)O. The highest BCUT2D eigenvalue weighted by atomic mass is 32.1. The normalized spacial score (nSPS) is 11.2. The van der Waals surface area contributed by atoms with Crippen LogP contribution in [0.3, 0.4) is 0 Å². The van der Waals surface area contributed by atoms with Crippen molar-refractivity contribution in [1.82, 2.24) is 9.97 Å². The van der Waals surface area contributed by atoms with Crippen molar-refractivity contribution in [3.63, 3.8) is 0 Å². The molecule has 8 heteroatoms. The first-order chi connectivity index (χ1) is 14.0. The molecule has 0 fully saturated rings. The lowest BCUT2D eigenvalue weighted by Gasteiger charge is -2.06. The van der Waals surface area contributed by atoms with E-state index in [4.69, 9.17) is 5.11 Å². The van der Waals surface area contributed by atoms with Crippen molar-refractivity contribution >= 4 is 34.2 Å². The van der Waals surface area contributed by atoms with Gasteiger partial charge in [-0.05, 0) is 24.5 Å². The minimum atomic E-state index is -0.998. The molecule has 0 aliphatic rings. The fourth-order valence-electron chi connectivity index (χ4n) is 2.34. The average molecular weight is 433 g/mol. The van der Waals surface area contributed by atoms with E-state index in [0.29, 0.717) is 17.6 Å². The molecule has 0 radical (unpaired) electrons. The van der Waals surface area contributed by atoms with E-state index in [2.05, 4.69) is 21.6 Å². The summed E-state index contributed by atoms with van der Waals surface area (Å²) in [6.07, 6.45) is 3.57. The summed E-state index contributed by atoms with van der Waals surface area (Å²) >= 11 is 3.13. The molecule has 29 heavy (non-hydrogen) atoms. The van der Waals surface area contributed by atoms with E-state index in [-0.39, 0.29) is 0 Å². The zero-order chi connectivity index (χ0) is 21.2. The van der Waals surface area contributed by atoms with E-state index in [0.717, 1.165) is 45.6 Å². The van der Waals surface area contributed by atoms with Crippen LogP contribution < -0.4 is 0 Å². The first-order valence-electron chi connectivity index (χ1n) is 8.69. The van der Waals surface area contributed by atoms with Gasteiger partial charge in [-0.3, -0.25) is 0 Å². The summed E-state index contributed by atoms with van der Waals surface area (Å²) in [6, 6.07) is 7.74. The minimum absolute atomic E-state index is 0.520. The number of hydrogen-bond donors (Lipinski definition) is 1. The summed E-state index contributed by atoms with van der Waals surface area (Å²) in [5.74, 6) is -0.998. The Balaban J connectivity index is 0.000000370. The molecule has 0 atom stereocenters. The van der Waals surface area contributed by atoms with Gasteiger partial charge in [0.15, 0.2) is 0 Å². The zero-order valence-corrected chi connectivity index (χ0v) is 17.9. The third kappa shape index (κ3) is 6.33. The summed E-state index contributed by atoms with van der Waals surface area (Å²) in [5.41, 5.74) is 3.95. The Bertz CT molecular complexity index is 1010. The van der Waals surface area contributed by atoms with Gasteiger partial charge >= 0.3 is 5.97 Å². The molecule has 2 aromatic heterocycles. The number of aliphatic carboxylic acids is 1. The van der Waals surface area contributed by atoms with E-state index < -0.39 is 5.97 Å². The molecular formula is C21H21FN2O3S2. The number of aryl methyl sites for hydroxylation is 2. The Labute approximate surface area is 176 Å². The van der Waals surface area contributed by atoms with Crippen LogP contribution in [0.1, 0.15) is 28.8 Å². The first-order valence-corrected chi connectivity index (χ1v) is 10.4. The van der Waals surface area contributed by atoms with Gasteiger partial charge in [0.1, 0.15) is 10.7 Å². The molecular weight excluding hydrogens is 411 g/mol. The van der Waals surface area contributed by atoms with Crippen molar-refractivity contribution < 1.29 is 19.0 Å². The molecule has 2 heterocycles. The second-order valence-electron chi connectivity index (χ2n) is 5.73. The van der Waals surface area contributed by atoms with Crippen molar-refractivity contribution in [2.24, 2.45) is 0 Å². The predicted molar refractivity (Wildman–Crippen MR) is 116 cm³/mol. The van der Waals surface area contributed by atoms with Crippen LogP contribution in [-0.4, -0.2) is 28.2 Å². The van der Waals surface area contributed by atoms with Gasteiger partial charge in [-0.1, -0.05) is 31.2 Å². The fourth-order valence-corrected chi connectivity index (χ4v) is 3.92. The second kappa shape index (κ2) is 11.2. The summed E-state index contributed by atoms with van der Waals surface area (Å²) in [6.45, 7) is 4.05. The smallest absolute Gasteiger partial charge is 0.331 e. The number of benzene rings is 1. The molecule has 0 saturated heterocycles. The van der Waals surface area contributed by atoms with Crippen molar-refractivity contribution in [2.75, 3.05) is 7.11 Å². The predicted octanol–water partition coefficient (Wildman–Crippen LogP) is 5.73. The van der Waals surface area contributed by atoms with Crippen molar-refractivity contribution in [1.29, 1.82) is 0 Å². The highest BCUT2D eigenvalue weighted by Gasteiger charge is 2.14. The molecule has 0 unspecified atom stereocenters. The van der Waals surface area contributed by atoms with Gasteiger partial charge in [-0.15, -0.1) is 22.7 Å². The Kier molecular flexibility index (Phi) is 8.69. The van der Waals surface area contributed by atoms with Crippen molar-refractivity contribution in [3.8, 4) is 10.7 Å². The maximum Gasteiger partial charge on any atom is 0.331 e. The average Bonchev–Trinajstić information content (AvgIpc) is 3.38. The highest BCUT2D eigenvalue weighted by Crippen LogP contribution is 2.31. The number of carbonyl (C=O) groups is 1. The van der Waals surface area contributed by atoms with Gasteiger partial charge in [0, 0.05) is 16.3 Å². The monoisotopic (exact) mass is 432 g/mol. The van der Waals surface area contributed by atoms with Crippen LogP contribution in [0.25, 0.3) is 16.3 Å². The summed E-state index contributed by atoms with van der Waals surface area (Å²) in [5, 5.41) is 13.7. The van der Waals surface area contributed by atoms with E-state index in [1.54, 1.807) is 11.3 Å². The molecule has 152 valence electrons. The Morgan fingerprint density at radius 2 is 2.00 bits per heavy atom. The number of ether oxygens (including phenoxy) is 1. The van der Waals surface area contributed by atoms with E-state index in [1.165, 1.54) is 18.4 Å². The van der Waals surface area contributed by atoms with E-state index in [9.17, 15) is 9.18 Å². The number of methoxy groups -OCH3 is 1. The van der Waals surface area contributed by atoms with E-state index >= 15 is 0 Å². The van der Waals surface area contributed by atoms with Crippen LogP contribution in [0.2, 0.25) is 0 Å². The van der Waals surface area contributed by atoms with Crippen LogP contribution in [-0.2, 0) is 16.0 Å². The van der Waals surface area contributed by atoms with Crippen LogP contribution in [0.5, 0.6) is 0 Å². The second-order valence-corrected chi connectivity index (χ2v) is 7.53. The molecule has 0 spiro atoms. The van der Waals surface area contributed by atoms with Crippen molar-refractivity contribution in [2.45, 2.75) is 20.3 Å². The lowest BCUT2D eigenvalue weighted by atomic mass is 10.00. The van der Waals surface area contributed by atoms with Crippen LogP contribution in [0.4, 0.5) is 4.39 Å². The maximum atomic E-state index is 13.5. The van der Waals surface area contributed by atoms with Gasteiger partial charge in [-0.2, -0.15) is 0 Å². The van der Waals surface area contributed by atoms with Gasteiger partial charge in [-0.25, -0.2) is 19.2 Å². The van der Waals surface area contributed by atoms with Gasteiger partial charge in [0.05, 0.1) is 36.5 Å². The third-order valence-electron chi connectivity index (χ3n) is 3.74. The molecule has 0 amide bonds. The van der Waals surface area contributed by atoms with Gasteiger partial charge < -0.3 is 9.84 Å². The third-order valence-corrected chi connectivity index (χ3v) is 5.60. The molecule has 1 aromatic carbocycles. The molecule has 0 aliphatic heterocycles. The molecule has 5 nitrogen and oxygen atoms in total. The standard InChI is InChI=1S/C17H15FN2S2.C4H6O3/c1-3-16-19-15(10-21-16)17-20-14(9-22-17)13(8-18)12-7-5-4-6-11(12)2;1-7-3-2-4(5)6/h4-10H,3H2,1-2H3;2-3H,1H3,(H,5,6). The van der Waals surface area contributed by atoms with Crippen LogP contribution in [0.15, 0.2) is 53.7 Å². The Morgan fingerprint density at radius 3 is 2.55 bits per heavy atom. The summed E-state index contributed by atoms with van der Waals surface area (Å²) < 4.78 is 17.8. The minimum Gasteiger partial charge on any atom is -0.504 e. The number of thiazole rings is 2. The lowest BCUT2D eigenvalue weighted by molar-refractivity contribution is -0.131. The number of carboxylic acid groups (broad SMARTS) is 1. The molecule has 0 bridgehead atoms. The number of hydrogen-bond acceptors (Lipinski definition) is 6. The van der Waals surface area contributed by atoms with E-state index in [1.807, 2.05) is 41.9 Å². The van der Waals surface area contributed by atoms with Crippen LogP contribution >= 0.6 is 22.7 Å².